The Kier molecular flexibility index (Phi) is 4.63. The molecule has 7 heteroatoms. The third-order valence-electron chi connectivity index (χ3n) is 4.10. The van der Waals surface area contributed by atoms with Crippen molar-refractivity contribution in [2.24, 2.45) is 11.1 Å². The quantitative estimate of drug-likeness (QED) is 0.798. The highest BCUT2D eigenvalue weighted by Gasteiger charge is 2.72. The molecular weight excluding hydrogens is 330 g/mol. The highest BCUT2D eigenvalue weighted by atomic mass is 35.5. The Labute approximate surface area is 135 Å². The van der Waals surface area contributed by atoms with Gasteiger partial charge in [-0.25, -0.2) is 8.42 Å². The maximum Gasteiger partial charge on any atom is 0.154 e. The average molecular weight is 348 g/mol. The van der Waals surface area contributed by atoms with Crippen LogP contribution in [0, 0.1) is 5.41 Å². The van der Waals surface area contributed by atoms with E-state index in [0.717, 1.165) is 5.56 Å². The molecule has 0 saturated heterocycles. The van der Waals surface area contributed by atoms with Crippen LogP contribution in [-0.2, 0) is 14.6 Å². The summed E-state index contributed by atoms with van der Waals surface area (Å²) >= 11 is 11.2. The van der Waals surface area contributed by atoms with Crippen molar-refractivity contribution >= 4 is 38.6 Å². The first kappa shape index (κ1) is 16.7. The molecule has 4 nitrogen and oxygen atoms in total. The molecule has 2 rings (SSSR count). The summed E-state index contributed by atoms with van der Waals surface area (Å²) in [6, 6.07) is 7.16. The van der Waals surface area contributed by atoms with E-state index in [1.54, 1.807) is 25.1 Å². The standard InChI is InChI=1S/C14H18ClNO3S2/c1-3-21(17,18)12-11(9-5-4-6-10(15)7-9)14(12,8-19-2)13(16)20/h4-7,11-12H,3,8H2,1-2H3,(H2,16,20)/t11-,12-,14+/m1/s1. The van der Waals surface area contributed by atoms with Crippen LogP contribution in [0.5, 0.6) is 0 Å². The molecule has 1 aliphatic carbocycles. The van der Waals surface area contributed by atoms with Gasteiger partial charge in [0.15, 0.2) is 9.84 Å². The minimum Gasteiger partial charge on any atom is -0.393 e. The Morgan fingerprint density at radius 3 is 2.67 bits per heavy atom. The Hall–Kier alpha value is -0.690. The maximum absolute atomic E-state index is 12.4. The molecule has 0 unspecified atom stereocenters. The number of halogens is 1. The lowest BCUT2D eigenvalue weighted by molar-refractivity contribution is 0.166. The Balaban J connectivity index is 2.54. The predicted octanol–water partition coefficient (Wildman–Crippen LogP) is 2.16. The topological polar surface area (TPSA) is 69.4 Å². The first-order valence-electron chi connectivity index (χ1n) is 6.57. The van der Waals surface area contributed by atoms with Crippen molar-refractivity contribution in [3.63, 3.8) is 0 Å². The number of rotatable bonds is 6. The van der Waals surface area contributed by atoms with Crippen LogP contribution in [0.3, 0.4) is 0 Å². The van der Waals surface area contributed by atoms with E-state index in [0.29, 0.717) is 5.02 Å². The minimum absolute atomic E-state index is 0.0445. The van der Waals surface area contributed by atoms with Crippen molar-refractivity contribution in [3.8, 4) is 0 Å². The molecule has 1 aromatic carbocycles. The lowest BCUT2D eigenvalue weighted by Crippen LogP contribution is -2.33. The van der Waals surface area contributed by atoms with E-state index in [4.69, 9.17) is 34.3 Å². The number of hydrogen-bond donors (Lipinski definition) is 1. The smallest absolute Gasteiger partial charge is 0.154 e. The second-order valence-electron chi connectivity index (χ2n) is 5.24. The molecule has 1 saturated carbocycles. The Bertz CT molecular complexity index is 662. The van der Waals surface area contributed by atoms with E-state index in [1.807, 2.05) is 6.07 Å². The van der Waals surface area contributed by atoms with Crippen LogP contribution in [0.15, 0.2) is 24.3 Å². The highest BCUT2D eigenvalue weighted by molar-refractivity contribution is 7.92. The fourth-order valence-corrected chi connectivity index (χ4v) is 5.72. The van der Waals surface area contributed by atoms with Crippen molar-refractivity contribution in [1.29, 1.82) is 0 Å². The Morgan fingerprint density at radius 2 is 2.19 bits per heavy atom. The molecule has 21 heavy (non-hydrogen) atoms. The van der Waals surface area contributed by atoms with Crippen LogP contribution in [0.4, 0.5) is 0 Å². The van der Waals surface area contributed by atoms with E-state index in [-0.39, 0.29) is 23.3 Å². The number of benzene rings is 1. The number of thiocarbonyl (C=S) groups is 1. The molecule has 0 spiro atoms. The summed E-state index contributed by atoms with van der Waals surface area (Å²) in [6.45, 7) is 1.81. The predicted molar refractivity (Wildman–Crippen MR) is 88.5 cm³/mol. The third-order valence-corrected chi connectivity index (χ3v) is 6.98. The molecule has 0 heterocycles. The average Bonchev–Trinajstić information content (AvgIpc) is 3.10. The number of hydrogen-bond acceptors (Lipinski definition) is 4. The van der Waals surface area contributed by atoms with Gasteiger partial charge in [0.25, 0.3) is 0 Å². The van der Waals surface area contributed by atoms with E-state index >= 15 is 0 Å². The second kappa shape index (κ2) is 5.83. The molecule has 0 bridgehead atoms. The highest BCUT2D eigenvalue weighted by Crippen LogP contribution is 2.63. The molecular formula is C14H18ClNO3S2. The summed E-state index contributed by atoms with van der Waals surface area (Å²) in [5.74, 6) is -0.262. The van der Waals surface area contributed by atoms with Crippen LogP contribution in [-0.4, -0.2) is 38.1 Å². The van der Waals surface area contributed by atoms with Crippen LogP contribution in [0.2, 0.25) is 5.02 Å². The molecule has 1 aliphatic rings. The van der Waals surface area contributed by atoms with Gasteiger partial charge in [0, 0.05) is 23.8 Å². The summed E-state index contributed by atoms with van der Waals surface area (Å²) in [6.07, 6.45) is 0. The zero-order chi connectivity index (χ0) is 15.8. The molecule has 116 valence electrons. The summed E-state index contributed by atoms with van der Waals surface area (Å²) < 4.78 is 30.1. The van der Waals surface area contributed by atoms with Crippen LogP contribution in [0.1, 0.15) is 18.4 Å². The monoisotopic (exact) mass is 347 g/mol. The number of nitrogens with two attached hydrogens (primary N) is 1. The normalized spacial score (nSPS) is 28.3. The van der Waals surface area contributed by atoms with Gasteiger partial charge in [-0.1, -0.05) is 42.9 Å². The fraction of sp³-hybridized carbons (Fsp3) is 0.500. The largest absolute Gasteiger partial charge is 0.393 e. The second-order valence-corrected chi connectivity index (χ2v) is 8.53. The first-order chi connectivity index (χ1) is 9.81. The molecule has 0 aliphatic heterocycles. The van der Waals surface area contributed by atoms with Gasteiger partial charge in [-0.05, 0) is 17.7 Å². The van der Waals surface area contributed by atoms with Gasteiger partial charge in [0.05, 0.1) is 22.3 Å². The SMILES string of the molecule is CCS(=O)(=O)[C@@H]1[C@@H](c2cccc(Cl)c2)[C@]1(COC)C(N)=S. The van der Waals surface area contributed by atoms with E-state index in [1.165, 1.54) is 7.11 Å². The lowest BCUT2D eigenvalue weighted by Gasteiger charge is -2.15. The molecule has 0 amide bonds. The van der Waals surface area contributed by atoms with Gasteiger partial charge in [-0.15, -0.1) is 0 Å². The summed E-state index contributed by atoms with van der Waals surface area (Å²) in [7, 11) is -1.78. The zero-order valence-electron chi connectivity index (χ0n) is 11.9. The number of sulfone groups is 1. The maximum atomic E-state index is 12.4. The molecule has 0 aromatic heterocycles. The van der Waals surface area contributed by atoms with Gasteiger partial charge in [-0.2, -0.15) is 0 Å². The third kappa shape index (κ3) is 2.70. The molecule has 2 N–H and O–H groups in total. The molecule has 0 radical (unpaired) electrons. The van der Waals surface area contributed by atoms with Crippen LogP contribution >= 0.6 is 23.8 Å². The van der Waals surface area contributed by atoms with E-state index in [9.17, 15) is 8.42 Å². The van der Waals surface area contributed by atoms with Crippen LogP contribution in [0.25, 0.3) is 0 Å². The van der Waals surface area contributed by atoms with E-state index < -0.39 is 20.5 Å². The van der Waals surface area contributed by atoms with Crippen LogP contribution < -0.4 is 5.73 Å². The van der Waals surface area contributed by atoms with Crippen molar-refractivity contribution < 1.29 is 13.2 Å². The van der Waals surface area contributed by atoms with Crippen molar-refractivity contribution in [2.75, 3.05) is 19.5 Å². The number of ether oxygens (including phenoxy) is 1. The van der Waals surface area contributed by atoms with Gasteiger partial charge >= 0.3 is 0 Å². The fourth-order valence-electron chi connectivity index (χ4n) is 3.06. The Morgan fingerprint density at radius 1 is 1.52 bits per heavy atom. The van der Waals surface area contributed by atoms with Crippen molar-refractivity contribution in [3.05, 3.63) is 34.9 Å². The summed E-state index contributed by atoms with van der Waals surface area (Å²) in [4.78, 5) is 0.177. The molecule has 3 atom stereocenters. The number of methoxy groups -OCH3 is 1. The van der Waals surface area contributed by atoms with Gasteiger partial charge in [0.2, 0.25) is 0 Å². The van der Waals surface area contributed by atoms with E-state index in [2.05, 4.69) is 0 Å². The van der Waals surface area contributed by atoms with Gasteiger partial charge < -0.3 is 10.5 Å². The first-order valence-corrected chi connectivity index (χ1v) is 9.07. The van der Waals surface area contributed by atoms with Crippen molar-refractivity contribution in [1.82, 2.24) is 0 Å². The summed E-state index contributed by atoms with van der Waals surface area (Å²) in [5.41, 5.74) is 5.86. The van der Waals surface area contributed by atoms with Gasteiger partial charge in [-0.3, -0.25) is 0 Å². The van der Waals surface area contributed by atoms with Crippen molar-refractivity contribution in [2.45, 2.75) is 18.1 Å². The lowest BCUT2D eigenvalue weighted by atomic mass is 10.00. The minimum atomic E-state index is -3.30. The molecule has 1 aromatic rings. The zero-order valence-corrected chi connectivity index (χ0v) is 14.3. The van der Waals surface area contributed by atoms with Gasteiger partial charge in [0.1, 0.15) is 0 Å². The molecule has 1 fully saturated rings. The summed E-state index contributed by atoms with van der Waals surface area (Å²) in [5, 5.41) is -0.0905.